The lowest BCUT2D eigenvalue weighted by Crippen LogP contribution is -2.21. The number of benzene rings is 2. The molecular formula is C22H19ClN4O2. The van der Waals surface area contributed by atoms with Gasteiger partial charge in [0, 0.05) is 22.7 Å². The molecule has 146 valence electrons. The second-order valence-corrected chi connectivity index (χ2v) is 7.25. The molecule has 6 nitrogen and oxygen atoms in total. The van der Waals surface area contributed by atoms with Crippen molar-refractivity contribution in [3.8, 4) is 5.75 Å². The molecule has 4 rings (SSSR count). The van der Waals surface area contributed by atoms with Gasteiger partial charge in [-0.25, -0.2) is 4.98 Å². The molecule has 0 spiro atoms. The molecule has 4 aromatic rings. The Balaban J connectivity index is 1.68. The molecule has 2 heterocycles. The zero-order chi connectivity index (χ0) is 20.4. The summed E-state index contributed by atoms with van der Waals surface area (Å²) in [5, 5.41) is 14.4. The van der Waals surface area contributed by atoms with Gasteiger partial charge in [-0.15, -0.1) is 0 Å². The Bertz CT molecular complexity index is 1220. The van der Waals surface area contributed by atoms with E-state index in [0.717, 1.165) is 16.5 Å². The molecule has 1 atom stereocenters. The lowest BCUT2D eigenvalue weighted by atomic mass is 10.1. The molecule has 2 aromatic carbocycles. The highest BCUT2D eigenvalue weighted by molar-refractivity contribution is 6.30. The summed E-state index contributed by atoms with van der Waals surface area (Å²) in [4.78, 5) is 21.5. The number of phenols is 1. The van der Waals surface area contributed by atoms with Crippen LogP contribution in [0.1, 0.15) is 24.1 Å². The van der Waals surface area contributed by atoms with Gasteiger partial charge in [-0.05, 0) is 48.4 Å². The third-order valence-electron chi connectivity index (χ3n) is 4.69. The first-order valence-corrected chi connectivity index (χ1v) is 9.54. The normalized spacial score (nSPS) is 12.1. The standard InChI is InChI=1S/C22H19ClN4O2/c1-14(16-5-8-18(23)9-6-16)25-22-24-12-17-7-10-20(29)27(21(17)26-22)13-15-3-2-4-19(28)11-15/h2-12,14,28H,13H2,1H3,(H,24,25,26). The van der Waals surface area contributed by atoms with Crippen LogP contribution in [0.3, 0.4) is 0 Å². The highest BCUT2D eigenvalue weighted by Crippen LogP contribution is 2.21. The quantitative estimate of drug-likeness (QED) is 0.514. The zero-order valence-corrected chi connectivity index (χ0v) is 16.5. The summed E-state index contributed by atoms with van der Waals surface area (Å²) in [6.45, 7) is 2.30. The van der Waals surface area contributed by atoms with E-state index in [1.165, 1.54) is 6.07 Å². The van der Waals surface area contributed by atoms with Crippen LogP contribution < -0.4 is 10.9 Å². The average Bonchev–Trinajstić information content (AvgIpc) is 2.71. The molecule has 0 saturated carbocycles. The van der Waals surface area contributed by atoms with Crippen LogP contribution in [0.5, 0.6) is 5.75 Å². The number of anilines is 1. The van der Waals surface area contributed by atoms with Gasteiger partial charge < -0.3 is 10.4 Å². The molecule has 2 aromatic heterocycles. The minimum absolute atomic E-state index is 0.0420. The topological polar surface area (TPSA) is 80.0 Å². The molecule has 29 heavy (non-hydrogen) atoms. The summed E-state index contributed by atoms with van der Waals surface area (Å²) >= 11 is 5.96. The number of phenolic OH excluding ortho intramolecular Hbond substituents is 1. The van der Waals surface area contributed by atoms with E-state index >= 15 is 0 Å². The van der Waals surface area contributed by atoms with Gasteiger partial charge in [0.25, 0.3) is 5.56 Å². The third-order valence-corrected chi connectivity index (χ3v) is 4.94. The summed E-state index contributed by atoms with van der Waals surface area (Å²) in [5.74, 6) is 0.583. The number of aromatic nitrogens is 3. The fourth-order valence-corrected chi connectivity index (χ4v) is 3.29. The maximum absolute atomic E-state index is 12.5. The molecule has 0 fully saturated rings. The van der Waals surface area contributed by atoms with Crippen molar-refractivity contribution in [1.82, 2.24) is 14.5 Å². The second kappa shape index (κ2) is 7.93. The molecule has 0 saturated heterocycles. The Labute approximate surface area is 172 Å². The predicted octanol–water partition coefficient (Wildman–Crippen LogP) is 4.37. The lowest BCUT2D eigenvalue weighted by molar-refractivity contribution is 0.474. The van der Waals surface area contributed by atoms with E-state index < -0.39 is 0 Å². The average molecular weight is 407 g/mol. The second-order valence-electron chi connectivity index (χ2n) is 6.82. The van der Waals surface area contributed by atoms with E-state index in [2.05, 4.69) is 15.3 Å². The van der Waals surface area contributed by atoms with E-state index in [0.29, 0.717) is 23.2 Å². The number of halogens is 1. The van der Waals surface area contributed by atoms with Gasteiger partial charge in [0.05, 0.1) is 12.6 Å². The summed E-state index contributed by atoms with van der Waals surface area (Å²) in [5.41, 5.74) is 2.21. The van der Waals surface area contributed by atoms with E-state index in [1.54, 1.807) is 35.0 Å². The molecule has 0 aliphatic heterocycles. The van der Waals surface area contributed by atoms with Crippen LogP contribution in [-0.2, 0) is 6.54 Å². The van der Waals surface area contributed by atoms with E-state index in [9.17, 15) is 9.90 Å². The molecule has 0 aliphatic carbocycles. The summed E-state index contributed by atoms with van der Waals surface area (Å²) < 4.78 is 1.57. The van der Waals surface area contributed by atoms with Crippen molar-refractivity contribution >= 4 is 28.6 Å². The molecule has 0 amide bonds. The van der Waals surface area contributed by atoms with Crippen LogP contribution in [-0.4, -0.2) is 19.6 Å². The van der Waals surface area contributed by atoms with Gasteiger partial charge in [0.15, 0.2) is 0 Å². The monoisotopic (exact) mass is 406 g/mol. The van der Waals surface area contributed by atoms with Crippen LogP contribution in [0.2, 0.25) is 5.02 Å². The van der Waals surface area contributed by atoms with Gasteiger partial charge in [-0.1, -0.05) is 35.9 Å². The molecule has 0 radical (unpaired) electrons. The lowest BCUT2D eigenvalue weighted by Gasteiger charge is -2.15. The highest BCUT2D eigenvalue weighted by Gasteiger charge is 2.11. The Hall–Kier alpha value is -3.38. The van der Waals surface area contributed by atoms with Crippen molar-refractivity contribution < 1.29 is 5.11 Å². The zero-order valence-electron chi connectivity index (χ0n) is 15.7. The van der Waals surface area contributed by atoms with Gasteiger partial charge in [0.1, 0.15) is 11.4 Å². The maximum atomic E-state index is 12.5. The van der Waals surface area contributed by atoms with Gasteiger partial charge in [-0.2, -0.15) is 4.98 Å². The fourth-order valence-electron chi connectivity index (χ4n) is 3.16. The third kappa shape index (κ3) is 4.22. The van der Waals surface area contributed by atoms with Crippen molar-refractivity contribution in [3.63, 3.8) is 0 Å². The van der Waals surface area contributed by atoms with Gasteiger partial charge in [-0.3, -0.25) is 9.36 Å². The largest absolute Gasteiger partial charge is 0.508 e. The molecule has 7 heteroatoms. The smallest absolute Gasteiger partial charge is 0.252 e. The van der Waals surface area contributed by atoms with Crippen LogP contribution in [0.25, 0.3) is 11.0 Å². The van der Waals surface area contributed by atoms with Gasteiger partial charge in [0.2, 0.25) is 5.95 Å². The first-order valence-electron chi connectivity index (χ1n) is 9.16. The maximum Gasteiger partial charge on any atom is 0.252 e. The summed E-state index contributed by atoms with van der Waals surface area (Å²) in [6, 6.07) is 17.6. The number of nitrogens with one attached hydrogen (secondary N) is 1. The minimum atomic E-state index is -0.170. The number of pyridine rings is 1. The number of rotatable bonds is 5. The van der Waals surface area contributed by atoms with Crippen molar-refractivity contribution in [2.24, 2.45) is 0 Å². The van der Waals surface area contributed by atoms with Crippen LogP contribution >= 0.6 is 11.6 Å². The van der Waals surface area contributed by atoms with Gasteiger partial charge >= 0.3 is 0 Å². The van der Waals surface area contributed by atoms with E-state index in [4.69, 9.17) is 11.6 Å². The Morgan fingerprint density at radius 1 is 1.14 bits per heavy atom. The molecule has 2 N–H and O–H groups in total. The van der Waals surface area contributed by atoms with Crippen LogP contribution in [0, 0.1) is 0 Å². The van der Waals surface area contributed by atoms with E-state index in [1.807, 2.05) is 37.3 Å². The number of fused-ring (bicyclic) bond motifs is 1. The SMILES string of the molecule is CC(Nc1ncc2ccc(=O)n(Cc3cccc(O)c3)c2n1)c1ccc(Cl)cc1. The first kappa shape index (κ1) is 19.0. The highest BCUT2D eigenvalue weighted by atomic mass is 35.5. The molecule has 1 unspecified atom stereocenters. The summed E-state index contributed by atoms with van der Waals surface area (Å²) in [6.07, 6.45) is 1.69. The fraction of sp³-hybridized carbons (Fsp3) is 0.136. The van der Waals surface area contributed by atoms with Crippen LogP contribution in [0.15, 0.2) is 71.7 Å². The number of hydrogen-bond acceptors (Lipinski definition) is 5. The minimum Gasteiger partial charge on any atom is -0.508 e. The van der Waals surface area contributed by atoms with E-state index in [-0.39, 0.29) is 17.4 Å². The van der Waals surface area contributed by atoms with Crippen LogP contribution in [0.4, 0.5) is 5.95 Å². The first-order chi connectivity index (χ1) is 14.0. The predicted molar refractivity (Wildman–Crippen MR) is 114 cm³/mol. The summed E-state index contributed by atoms with van der Waals surface area (Å²) in [7, 11) is 0. The molecule has 0 bridgehead atoms. The molecule has 0 aliphatic rings. The van der Waals surface area contributed by atoms with Crippen molar-refractivity contribution in [2.45, 2.75) is 19.5 Å². The number of nitrogens with zero attached hydrogens (tertiary/aromatic N) is 3. The van der Waals surface area contributed by atoms with Crippen molar-refractivity contribution in [3.05, 3.63) is 93.4 Å². The van der Waals surface area contributed by atoms with Crippen molar-refractivity contribution in [2.75, 3.05) is 5.32 Å². The molecular weight excluding hydrogens is 388 g/mol. The number of aromatic hydroxyl groups is 1. The number of hydrogen-bond donors (Lipinski definition) is 2. The Morgan fingerprint density at radius 2 is 1.93 bits per heavy atom. The van der Waals surface area contributed by atoms with Crippen molar-refractivity contribution in [1.29, 1.82) is 0 Å². The Kier molecular flexibility index (Phi) is 5.18. The Morgan fingerprint density at radius 3 is 2.69 bits per heavy atom.